The van der Waals surface area contributed by atoms with Crippen LogP contribution in [0.1, 0.15) is 46.0 Å². The fourth-order valence-corrected chi connectivity index (χ4v) is 3.34. The summed E-state index contributed by atoms with van der Waals surface area (Å²) < 4.78 is 0. The second-order valence-electron chi connectivity index (χ2n) is 8.14. The van der Waals surface area contributed by atoms with Crippen LogP contribution in [0.3, 0.4) is 0 Å². The number of rotatable bonds is 17. The average Bonchev–Trinajstić information content (AvgIpc) is 2.71. The van der Waals surface area contributed by atoms with Gasteiger partial charge in [0, 0.05) is 6.42 Å². The lowest BCUT2D eigenvalue weighted by Crippen LogP contribution is -2.57. The van der Waals surface area contributed by atoms with Gasteiger partial charge in [0.1, 0.15) is 18.1 Å². The van der Waals surface area contributed by atoms with Crippen molar-refractivity contribution in [1.29, 1.82) is 0 Å². The van der Waals surface area contributed by atoms with Crippen molar-refractivity contribution in [1.82, 2.24) is 16.0 Å². The van der Waals surface area contributed by atoms with E-state index in [0.29, 0.717) is 12.2 Å². The van der Waals surface area contributed by atoms with Crippen molar-refractivity contribution in [3.05, 3.63) is 0 Å². The van der Waals surface area contributed by atoms with E-state index in [1.165, 1.54) is 11.8 Å². The zero-order valence-electron chi connectivity index (χ0n) is 19.5. The largest absolute Gasteiger partial charge is 0.481 e. The van der Waals surface area contributed by atoms with Gasteiger partial charge in [-0.25, -0.2) is 4.79 Å². The first kappa shape index (κ1) is 31.1. The lowest BCUT2D eigenvalue weighted by atomic mass is 10.0. The number of carboxylic acid groups (broad SMARTS) is 2. The molecule has 4 unspecified atom stereocenters. The van der Waals surface area contributed by atoms with Crippen LogP contribution in [0.15, 0.2) is 0 Å². The van der Waals surface area contributed by atoms with Crippen LogP contribution in [0.25, 0.3) is 0 Å². The van der Waals surface area contributed by atoms with Crippen LogP contribution in [-0.4, -0.2) is 82.0 Å². The number of thioether (sulfide) groups is 1. The summed E-state index contributed by atoms with van der Waals surface area (Å²) in [7, 11) is 0. The van der Waals surface area contributed by atoms with E-state index >= 15 is 0 Å². The van der Waals surface area contributed by atoms with E-state index in [2.05, 4.69) is 16.0 Å². The summed E-state index contributed by atoms with van der Waals surface area (Å²) in [6.07, 6.45) is 0.993. The van der Waals surface area contributed by atoms with Gasteiger partial charge in [0.15, 0.2) is 0 Å². The molecule has 14 heteroatoms. The van der Waals surface area contributed by atoms with Crippen molar-refractivity contribution < 1.29 is 39.0 Å². The Balaban J connectivity index is 5.53. The van der Waals surface area contributed by atoms with Crippen LogP contribution in [0.5, 0.6) is 0 Å². The van der Waals surface area contributed by atoms with Crippen LogP contribution in [-0.2, 0) is 28.8 Å². The molecule has 34 heavy (non-hydrogen) atoms. The molecule has 194 valence electrons. The third-order valence-electron chi connectivity index (χ3n) is 4.61. The van der Waals surface area contributed by atoms with Gasteiger partial charge >= 0.3 is 11.9 Å². The number of carboxylic acids is 2. The maximum atomic E-state index is 12.9. The van der Waals surface area contributed by atoms with Crippen LogP contribution in [0.4, 0.5) is 0 Å². The summed E-state index contributed by atoms with van der Waals surface area (Å²) in [5.74, 6) is -5.45. The van der Waals surface area contributed by atoms with E-state index in [0.717, 1.165) is 0 Å². The molecule has 4 atom stereocenters. The quantitative estimate of drug-likeness (QED) is 0.119. The summed E-state index contributed by atoms with van der Waals surface area (Å²) >= 11 is 1.36. The predicted molar refractivity (Wildman–Crippen MR) is 125 cm³/mol. The van der Waals surface area contributed by atoms with Gasteiger partial charge in [0.05, 0.1) is 12.5 Å². The number of amides is 4. The standard InChI is InChI=1S/C20H35N5O8S/c1-10(2)8-11(21)17(29)23-12(4-5-15(22)26)18(30)24-13(6-7-34-3)19(31)25-14(20(32)33)9-16(27)28/h10-14H,4-9,21H2,1-3H3,(H2,22,26)(H,23,29)(H,24,30)(H,25,31)(H,27,28)(H,32,33). The number of aliphatic carboxylic acids is 2. The molecule has 9 N–H and O–H groups in total. The molecule has 4 amide bonds. The fraction of sp³-hybridized carbons (Fsp3) is 0.700. The molecule has 0 saturated heterocycles. The van der Waals surface area contributed by atoms with Gasteiger partial charge in [0.2, 0.25) is 23.6 Å². The highest BCUT2D eigenvalue weighted by Gasteiger charge is 2.31. The first-order valence-corrected chi connectivity index (χ1v) is 12.1. The fourth-order valence-electron chi connectivity index (χ4n) is 2.87. The molecule has 0 aliphatic carbocycles. The van der Waals surface area contributed by atoms with Crippen LogP contribution in [0, 0.1) is 5.92 Å². The van der Waals surface area contributed by atoms with Gasteiger partial charge in [0.25, 0.3) is 0 Å². The van der Waals surface area contributed by atoms with E-state index in [1.54, 1.807) is 6.26 Å². The van der Waals surface area contributed by atoms with Crippen molar-refractivity contribution in [2.45, 2.75) is 70.1 Å². The molecular weight excluding hydrogens is 470 g/mol. The molecule has 0 aromatic rings. The van der Waals surface area contributed by atoms with Crippen molar-refractivity contribution in [3.8, 4) is 0 Å². The zero-order chi connectivity index (χ0) is 26.4. The average molecular weight is 506 g/mol. The van der Waals surface area contributed by atoms with Gasteiger partial charge < -0.3 is 37.6 Å². The lowest BCUT2D eigenvalue weighted by Gasteiger charge is -2.25. The van der Waals surface area contributed by atoms with E-state index in [9.17, 15) is 28.8 Å². The normalized spacial score (nSPS) is 14.4. The van der Waals surface area contributed by atoms with Gasteiger partial charge in [-0.15, -0.1) is 0 Å². The van der Waals surface area contributed by atoms with Crippen molar-refractivity contribution in [2.75, 3.05) is 12.0 Å². The van der Waals surface area contributed by atoms with Crippen LogP contribution in [0.2, 0.25) is 0 Å². The summed E-state index contributed by atoms with van der Waals surface area (Å²) in [6.45, 7) is 3.74. The molecule has 0 saturated carbocycles. The number of hydrogen-bond acceptors (Lipinski definition) is 8. The number of carbonyl (C=O) groups excluding carboxylic acids is 4. The Morgan fingerprint density at radius 1 is 0.853 bits per heavy atom. The molecule has 0 bridgehead atoms. The SMILES string of the molecule is CSCCC(NC(=O)C(CCC(N)=O)NC(=O)C(N)CC(C)C)C(=O)NC(CC(=O)O)C(=O)O. The highest BCUT2D eigenvalue weighted by atomic mass is 32.2. The molecule has 0 aromatic carbocycles. The molecule has 0 rings (SSSR count). The van der Waals surface area contributed by atoms with Gasteiger partial charge in [-0.2, -0.15) is 11.8 Å². The summed E-state index contributed by atoms with van der Waals surface area (Å²) in [5, 5.41) is 25.0. The maximum Gasteiger partial charge on any atom is 0.326 e. The molecule has 0 radical (unpaired) electrons. The number of hydrogen-bond donors (Lipinski definition) is 7. The number of nitrogens with two attached hydrogens (primary N) is 2. The second-order valence-corrected chi connectivity index (χ2v) is 9.13. The molecule has 0 spiro atoms. The Morgan fingerprint density at radius 3 is 1.79 bits per heavy atom. The summed E-state index contributed by atoms with van der Waals surface area (Å²) in [5.41, 5.74) is 11.0. The number of primary amides is 1. The summed E-state index contributed by atoms with van der Waals surface area (Å²) in [6, 6.07) is -5.03. The van der Waals surface area contributed by atoms with Gasteiger partial charge in [-0.3, -0.25) is 24.0 Å². The zero-order valence-corrected chi connectivity index (χ0v) is 20.4. The number of nitrogens with one attached hydrogen (secondary N) is 3. The minimum Gasteiger partial charge on any atom is -0.481 e. The molecule has 0 aliphatic rings. The number of carbonyl (C=O) groups is 6. The van der Waals surface area contributed by atoms with E-state index < -0.39 is 66.2 Å². The van der Waals surface area contributed by atoms with E-state index in [1.807, 2.05) is 13.8 Å². The first-order valence-electron chi connectivity index (χ1n) is 10.7. The van der Waals surface area contributed by atoms with E-state index in [-0.39, 0.29) is 25.2 Å². The smallest absolute Gasteiger partial charge is 0.326 e. The van der Waals surface area contributed by atoms with Crippen LogP contribution < -0.4 is 27.4 Å². The first-order chi connectivity index (χ1) is 15.8. The van der Waals surface area contributed by atoms with E-state index in [4.69, 9.17) is 21.7 Å². The Morgan fingerprint density at radius 2 is 1.35 bits per heavy atom. The highest BCUT2D eigenvalue weighted by molar-refractivity contribution is 7.98. The molecule has 13 nitrogen and oxygen atoms in total. The molecule has 0 aromatic heterocycles. The molecule has 0 fully saturated rings. The Hall–Kier alpha value is -2.87. The second kappa shape index (κ2) is 15.9. The Kier molecular flexibility index (Phi) is 14.5. The molecule has 0 aliphatic heterocycles. The van der Waals surface area contributed by atoms with Gasteiger partial charge in [-0.05, 0) is 37.2 Å². The topological polar surface area (TPSA) is 231 Å². The van der Waals surface area contributed by atoms with Crippen molar-refractivity contribution >= 4 is 47.3 Å². The molecular formula is C20H35N5O8S. The third-order valence-corrected chi connectivity index (χ3v) is 5.26. The monoisotopic (exact) mass is 505 g/mol. The predicted octanol–water partition coefficient (Wildman–Crippen LogP) is -1.61. The highest BCUT2D eigenvalue weighted by Crippen LogP contribution is 2.07. The minimum absolute atomic E-state index is 0.0987. The Bertz CT molecular complexity index is 748. The van der Waals surface area contributed by atoms with Crippen molar-refractivity contribution in [3.63, 3.8) is 0 Å². The van der Waals surface area contributed by atoms with Gasteiger partial charge in [-0.1, -0.05) is 13.8 Å². The Labute approximate surface area is 202 Å². The molecule has 0 heterocycles. The third kappa shape index (κ3) is 13.0. The maximum absolute atomic E-state index is 12.9. The van der Waals surface area contributed by atoms with Crippen molar-refractivity contribution in [2.24, 2.45) is 17.4 Å². The lowest BCUT2D eigenvalue weighted by molar-refractivity contribution is -0.147. The minimum atomic E-state index is -1.70. The van der Waals surface area contributed by atoms with Crippen LogP contribution >= 0.6 is 11.8 Å². The summed E-state index contributed by atoms with van der Waals surface area (Å²) in [4.78, 5) is 71.3.